The van der Waals surface area contributed by atoms with Gasteiger partial charge in [0.2, 0.25) is 5.91 Å². The van der Waals surface area contributed by atoms with Gasteiger partial charge in [-0.2, -0.15) is 8.42 Å². The van der Waals surface area contributed by atoms with Crippen LogP contribution in [0.4, 0.5) is 0 Å². The van der Waals surface area contributed by atoms with Crippen molar-refractivity contribution in [1.82, 2.24) is 5.32 Å². The molecule has 0 heterocycles. The summed E-state index contributed by atoms with van der Waals surface area (Å²) in [4.78, 5) is 12.4. The Morgan fingerprint density at radius 2 is 1.14 bits per heavy atom. The molecular formula is C35H63NO5S. The molecule has 6 nitrogen and oxygen atoms in total. The molecule has 2 unspecified atom stereocenters. The van der Waals surface area contributed by atoms with Crippen LogP contribution in [0.2, 0.25) is 0 Å². The van der Waals surface area contributed by atoms with Gasteiger partial charge in [-0.25, -0.2) is 0 Å². The van der Waals surface area contributed by atoms with E-state index in [1.165, 1.54) is 63.9 Å². The van der Waals surface area contributed by atoms with Gasteiger partial charge >= 0.3 is 0 Å². The monoisotopic (exact) mass is 609 g/mol. The van der Waals surface area contributed by atoms with Gasteiger partial charge in [-0.15, -0.1) is 0 Å². The number of nitrogens with one attached hydrogen (secondary N) is 1. The van der Waals surface area contributed by atoms with Gasteiger partial charge in [0.15, 0.2) is 0 Å². The van der Waals surface area contributed by atoms with Crippen molar-refractivity contribution in [2.75, 3.05) is 5.75 Å². The van der Waals surface area contributed by atoms with E-state index in [4.69, 9.17) is 0 Å². The SMILES string of the molecule is CC/C=C\C/C=C\C/C=C\CCCCCCCCCC(=O)NC(CS(=O)(=O)O)C(O)/C=C/CCCCCCCCCC. The van der Waals surface area contributed by atoms with E-state index in [-0.39, 0.29) is 12.3 Å². The minimum absolute atomic E-state index is 0.283. The second-order valence-corrected chi connectivity index (χ2v) is 12.9. The van der Waals surface area contributed by atoms with Gasteiger partial charge in [-0.3, -0.25) is 9.35 Å². The standard InChI is InChI=1S/C35H63NO5S/c1-3-5-7-9-11-13-15-16-17-18-19-20-21-23-25-27-29-31-35(38)36-33(32-42(39,40)41)34(37)30-28-26-24-22-14-12-10-8-6-4-2/h5,7,11,13,16-17,28,30,33-34,37H,3-4,6,8-10,12,14-15,18-27,29,31-32H2,1-2H3,(H,36,38)(H,39,40,41)/b7-5-,13-11-,17-16-,30-28+. The first-order valence-corrected chi connectivity index (χ1v) is 18.4. The van der Waals surface area contributed by atoms with Crippen LogP contribution in [0, 0.1) is 0 Å². The van der Waals surface area contributed by atoms with E-state index >= 15 is 0 Å². The maximum atomic E-state index is 12.4. The van der Waals surface area contributed by atoms with E-state index in [1.54, 1.807) is 0 Å². The molecule has 3 N–H and O–H groups in total. The molecule has 0 bridgehead atoms. The number of unbranched alkanes of at least 4 members (excludes halogenated alkanes) is 15. The third-order valence-electron chi connectivity index (χ3n) is 7.26. The molecule has 0 aromatic carbocycles. The fourth-order valence-electron chi connectivity index (χ4n) is 4.76. The Kier molecular flexibility index (Phi) is 28.2. The number of carbonyl (C=O) groups is 1. The van der Waals surface area contributed by atoms with Gasteiger partial charge in [-0.1, -0.05) is 140 Å². The lowest BCUT2D eigenvalue weighted by Crippen LogP contribution is -2.46. The van der Waals surface area contributed by atoms with Crippen molar-refractivity contribution >= 4 is 16.0 Å². The summed E-state index contributed by atoms with van der Waals surface area (Å²) in [5.74, 6) is -0.997. The number of amides is 1. The molecule has 42 heavy (non-hydrogen) atoms. The smallest absolute Gasteiger partial charge is 0.267 e. The van der Waals surface area contributed by atoms with E-state index in [9.17, 15) is 22.9 Å². The van der Waals surface area contributed by atoms with Crippen molar-refractivity contribution in [2.24, 2.45) is 0 Å². The van der Waals surface area contributed by atoms with Crippen LogP contribution in [0.1, 0.15) is 149 Å². The molecule has 0 radical (unpaired) electrons. The average molecular weight is 610 g/mol. The van der Waals surface area contributed by atoms with Crippen LogP contribution in [-0.2, 0) is 14.9 Å². The molecule has 0 rings (SSSR count). The first-order chi connectivity index (χ1) is 20.3. The molecule has 0 spiro atoms. The van der Waals surface area contributed by atoms with Gasteiger partial charge in [-0.05, 0) is 51.4 Å². The second kappa shape index (κ2) is 29.4. The summed E-state index contributed by atoms with van der Waals surface area (Å²) in [5, 5.41) is 13.1. The Balaban J connectivity index is 4.02. The Morgan fingerprint density at radius 3 is 1.69 bits per heavy atom. The number of allylic oxidation sites excluding steroid dienone is 7. The molecule has 0 aliphatic carbocycles. The predicted octanol–water partition coefficient (Wildman–Crippen LogP) is 9.18. The van der Waals surface area contributed by atoms with Crippen LogP contribution in [0.25, 0.3) is 0 Å². The summed E-state index contributed by atoms with van der Waals surface area (Å²) in [6.45, 7) is 4.36. The largest absolute Gasteiger partial charge is 0.387 e. The Bertz CT molecular complexity index is 847. The van der Waals surface area contributed by atoms with Crippen molar-refractivity contribution in [2.45, 2.75) is 161 Å². The van der Waals surface area contributed by atoms with Crippen molar-refractivity contribution in [3.05, 3.63) is 48.6 Å². The number of rotatable bonds is 29. The van der Waals surface area contributed by atoms with Gasteiger partial charge in [0.25, 0.3) is 10.1 Å². The van der Waals surface area contributed by atoms with E-state index in [2.05, 4.69) is 55.6 Å². The van der Waals surface area contributed by atoms with Crippen molar-refractivity contribution < 1.29 is 22.9 Å². The topological polar surface area (TPSA) is 104 Å². The van der Waals surface area contributed by atoms with Crippen molar-refractivity contribution in [1.29, 1.82) is 0 Å². The summed E-state index contributed by atoms with van der Waals surface area (Å²) in [5.41, 5.74) is 0. The fraction of sp³-hybridized carbons (Fsp3) is 0.743. The zero-order valence-electron chi connectivity index (χ0n) is 26.9. The molecule has 0 fully saturated rings. The van der Waals surface area contributed by atoms with Gasteiger partial charge in [0, 0.05) is 6.42 Å². The summed E-state index contributed by atoms with van der Waals surface area (Å²) in [7, 11) is -4.34. The molecule has 1 amide bonds. The van der Waals surface area contributed by atoms with Crippen LogP contribution >= 0.6 is 0 Å². The van der Waals surface area contributed by atoms with E-state index in [0.29, 0.717) is 0 Å². The van der Waals surface area contributed by atoms with Gasteiger partial charge in [0.1, 0.15) is 0 Å². The van der Waals surface area contributed by atoms with E-state index in [1.807, 2.05) is 6.08 Å². The average Bonchev–Trinajstić information content (AvgIpc) is 2.94. The van der Waals surface area contributed by atoms with Crippen molar-refractivity contribution in [3.8, 4) is 0 Å². The number of hydrogen-bond donors (Lipinski definition) is 3. The molecule has 0 aliphatic heterocycles. The van der Waals surface area contributed by atoms with Gasteiger partial charge in [0.05, 0.1) is 17.9 Å². The summed E-state index contributed by atoms with van der Waals surface area (Å²) in [6.07, 6.45) is 38.1. The highest BCUT2D eigenvalue weighted by atomic mass is 32.2. The van der Waals surface area contributed by atoms with Crippen LogP contribution in [0.15, 0.2) is 48.6 Å². The minimum Gasteiger partial charge on any atom is -0.387 e. The number of aliphatic hydroxyl groups excluding tert-OH is 1. The molecule has 0 aromatic heterocycles. The lowest BCUT2D eigenvalue weighted by atomic mass is 10.1. The third kappa shape index (κ3) is 29.8. The zero-order chi connectivity index (χ0) is 31.2. The third-order valence-corrected chi connectivity index (χ3v) is 8.04. The second-order valence-electron chi connectivity index (χ2n) is 11.4. The zero-order valence-corrected chi connectivity index (χ0v) is 27.7. The molecule has 0 saturated heterocycles. The van der Waals surface area contributed by atoms with Crippen LogP contribution in [0.3, 0.4) is 0 Å². The Hall–Kier alpha value is -1.70. The first-order valence-electron chi connectivity index (χ1n) is 16.8. The maximum absolute atomic E-state index is 12.4. The highest BCUT2D eigenvalue weighted by Crippen LogP contribution is 2.12. The fourth-order valence-corrected chi connectivity index (χ4v) is 5.49. The molecule has 7 heteroatoms. The van der Waals surface area contributed by atoms with Crippen LogP contribution in [0.5, 0.6) is 0 Å². The first kappa shape index (κ1) is 40.3. The normalized spacial score (nSPS) is 14.1. The number of aliphatic hydroxyl groups is 1. The number of carbonyl (C=O) groups excluding carboxylic acids is 1. The minimum atomic E-state index is -4.34. The molecule has 0 saturated carbocycles. The lowest BCUT2D eigenvalue weighted by Gasteiger charge is -2.21. The van der Waals surface area contributed by atoms with Crippen LogP contribution in [-0.4, -0.2) is 41.9 Å². The predicted molar refractivity (Wildman–Crippen MR) is 179 cm³/mol. The maximum Gasteiger partial charge on any atom is 0.267 e. The Labute approximate surface area is 259 Å². The molecule has 0 aliphatic rings. The molecule has 244 valence electrons. The highest BCUT2D eigenvalue weighted by Gasteiger charge is 2.24. The molecular weight excluding hydrogens is 546 g/mol. The summed E-state index contributed by atoms with van der Waals surface area (Å²) in [6, 6.07) is -1.06. The van der Waals surface area contributed by atoms with Crippen molar-refractivity contribution in [3.63, 3.8) is 0 Å². The Morgan fingerprint density at radius 1 is 0.667 bits per heavy atom. The lowest BCUT2D eigenvalue weighted by molar-refractivity contribution is -0.122. The summed E-state index contributed by atoms with van der Waals surface area (Å²) < 4.78 is 32.2. The highest BCUT2D eigenvalue weighted by molar-refractivity contribution is 7.85. The molecule has 2 atom stereocenters. The van der Waals surface area contributed by atoms with Crippen LogP contribution < -0.4 is 5.32 Å². The quantitative estimate of drug-likeness (QED) is 0.0446. The van der Waals surface area contributed by atoms with E-state index < -0.39 is 28.0 Å². The number of hydrogen-bond acceptors (Lipinski definition) is 4. The van der Waals surface area contributed by atoms with E-state index in [0.717, 1.165) is 70.6 Å². The van der Waals surface area contributed by atoms with Gasteiger partial charge < -0.3 is 10.4 Å². The molecule has 0 aromatic rings. The summed E-state index contributed by atoms with van der Waals surface area (Å²) >= 11 is 0.